The summed E-state index contributed by atoms with van der Waals surface area (Å²) in [6, 6.07) is 14.9. The molecule has 1 atom stereocenters. The van der Waals surface area contributed by atoms with Crippen LogP contribution in [0.15, 0.2) is 48.5 Å². The Bertz CT molecular complexity index is 1210. The number of fused-ring (bicyclic) bond motifs is 3. The highest BCUT2D eigenvalue weighted by Gasteiger charge is 2.49. The van der Waals surface area contributed by atoms with Gasteiger partial charge in [-0.25, -0.2) is 0 Å². The van der Waals surface area contributed by atoms with Crippen molar-refractivity contribution in [1.82, 2.24) is 9.88 Å². The minimum absolute atomic E-state index is 0.145. The van der Waals surface area contributed by atoms with Crippen LogP contribution in [0, 0.1) is 0 Å². The van der Waals surface area contributed by atoms with Crippen molar-refractivity contribution < 1.29 is 14.3 Å². The van der Waals surface area contributed by atoms with E-state index in [2.05, 4.69) is 5.32 Å². The first-order valence-electron chi connectivity index (χ1n) is 11.0. The van der Waals surface area contributed by atoms with Crippen LogP contribution in [0.25, 0.3) is 10.9 Å². The van der Waals surface area contributed by atoms with Gasteiger partial charge in [-0.3, -0.25) is 14.5 Å². The number of hydrogen-bond donors (Lipinski definition) is 1. The smallest absolute Gasteiger partial charge is 0.275 e. The molecule has 2 aromatic carbocycles. The SMILES string of the molecule is COc1ccc2cc3n(c2c1)CC(C)(C(=O)NC1CCCC1)N(c1cccc(Cl)c1)C3=O. The van der Waals surface area contributed by atoms with Gasteiger partial charge in [0, 0.05) is 28.2 Å². The first kappa shape index (κ1) is 20.9. The van der Waals surface area contributed by atoms with Crippen molar-refractivity contribution in [3.05, 3.63) is 59.2 Å². The summed E-state index contributed by atoms with van der Waals surface area (Å²) in [5.74, 6) is 0.339. The molecular weight excluding hydrogens is 426 g/mol. The first-order chi connectivity index (χ1) is 15.4. The van der Waals surface area contributed by atoms with Crippen molar-refractivity contribution in [2.45, 2.75) is 50.7 Å². The molecule has 2 heterocycles. The van der Waals surface area contributed by atoms with Crippen molar-refractivity contribution in [1.29, 1.82) is 0 Å². The highest BCUT2D eigenvalue weighted by molar-refractivity contribution is 6.31. The summed E-state index contributed by atoms with van der Waals surface area (Å²) in [5.41, 5.74) is 0.908. The number of amides is 2. The Kier molecular flexibility index (Phi) is 5.13. The Morgan fingerprint density at radius 2 is 1.94 bits per heavy atom. The van der Waals surface area contributed by atoms with Gasteiger partial charge in [-0.15, -0.1) is 0 Å². The molecule has 1 saturated carbocycles. The highest BCUT2D eigenvalue weighted by atomic mass is 35.5. The van der Waals surface area contributed by atoms with Crippen molar-refractivity contribution in [2.24, 2.45) is 0 Å². The van der Waals surface area contributed by atoms with Crippen LogP contribution < -0.4 is 15.0 Å². The summed E-state index contributed by atoms with van der Waals surface area (Å²) in [6.45, 7) is 2.17. The van der Waals surface area contributed by atoms with Crippen molar-refractivity contribution in [3.63, 3.8) is 0 Å². The van der Waals surface area contributed by atoms with E-state index in [0.717, 1.165) is 36.6 Å². The Morgan fingerprint density at radius 3 is 2.66 bits per heavy atom. The van der Waals surface area contributed by atoms with E-state index in [1.165, 1.54) is 0 Å². The zero-order valence-corrected chi connectivity index (χ0v) is 19.0. The van der Waals surface area contributed by atoms with Crippen LogP contribution in [0.1, 0.15) is 43.1 Å². The molecule has 1 unspecified atom stereocenters. The quantitative estimate of drug-likeness (QED) is 0.620. The van der Waals surface area contributed by atoms with Crippen LogP contribution in [0.3, 0.4) is 0 Å². The molecule has 1 aromatic heterocycles. The standard InChI is InChI=1S/C25H26ClN3O3/c1-25(24(31)27-18-7-3-4-8-18)15-28-21-14-20(32-2)11-10-16(21)12-22(28)23(30)29(25)19-9-5-6-17(26)13-19/h5-6,9-14,18H,3-4,7-8,15H2,1-2H3,(H,27,31). The van der Waals surface area contributed by atoms with Gasteiger partial charge < -0.3 is 14.6 Å². The third-order valence-corrected chi connectivity index (χ3v) is 6.97. The van der Waals surface area contributed by atoms with Gasteiger partial charge in [0.15, 0.2) is 0 Å². The number of anilines is 1. The van der Waals surface area contributed by atoms with Gasteiger partial charge in [-0.1, -0.05) is 30.5 Å². The fourth-order valence-electron chi connectivity index (χ4n) is 5.03. The molecule has 2 aliphatic rings. The van der Waals surface area contributed by atoms with Crippen molar-refractivity contribution in [3.8, 4) is 5.75 Å². The Morgan fingerprint density at radius 1 is 1.16 bits per heavy atom. The van der Waals surface area contributed by atoms with Crippen molar-refractivity contribution in [2.75, 3.05) is 12.0 Å². The Labute approximate surface area is 192 Å². The monoisotopic (exact) mass is 451 g/mol. The van der Waals surface area contributed by atoms with Gasteiger partial charge in [0.25, 0.3) is 5.91 Å². The maximum Gasteiger partial charge on any atom is 0.275 e. The zero-order valence-electron chi connectivity index (χ0n) is 18.2. The molecule has 0 bridgehead atoms. The number of carbonyl (C=O) groups excluding carboxylic acids is 2. The van der Waals surface area contributed by atoms with Gasteiger partial charge in [0.05, 0.1) is 19.2 Å². The maximum atomic E-state index is 13.9. The van der Waals surface area contributed by atoms with E-state index in [1.807, 2.05) is 41.8 Å². The molecule has 0 saturated heterocycles. The number of rotatable bonds is 4. The molecule has 1 N–H and O–H groups in total. The lowest BCUT2D eigenvalue weighted by atomic mass is 9.93. The lowest BCUT2D eigenvalue weighted by molar-refractivity contribution is -0.127. The van der Waals surface area contributed by atoms with Crippen LogP contribution in [-0.2, 0) is 11.3 Å². The average molecular weight is 452 g/mol. The molecule has 7 heteroatoms. The van der Waals surface area contributed by atoms with Crippen molar-refractivity contribution >= 4 is 40.0 Å². The third-order valence-electron chi connectivity index (χ3n) is 6.74. The summed E-state index contributed by atoms with van der Waals surface area (Å²) in [6.07, 6.45) is 4.18. The van der Waals surface area contributed by atoms with Crippen LogP contribution >= 0.6 is 11.6 Å². The van der Waals surface area contributed by atoms with Gasteiger partial charge >= 0.3 is 0 Å². The number of ether oxygens (including phenoxy) is 1. The Balaban J connectivity index is 1.65. The fraction of sp³-hybridized carbons (Fsp3) is 0.360. The summed E-state index contributed by atoms with van der Waals surface area (Å²) >= 11 is 6.26. The first-order valence-corrected chi connectivity index (χ1v) is 11.4. The van der Waals surface area contributed by atoms with Crippen LogP contribution in [0.5, 0.6) is 5.75 Å². The van der Waals surface area contributed by atoms with E-state index < -0.39 is 5.54 Å². The molecular formula is C25H26ClN3O3. The maximum absolute atomic E-state index is 13.9. The van der Waals surface area contributed by atoms with Crippen LogP contribution in [0.4, 0.5) is 5.69 Å². The summed E-state index contributed by atoms with van der Waals surface area (Å²) in [4.78, 5) is 29.2. The van der Waals surface area contributed by atoms with Crippen LogP contribution in [-0.4, -0.2) is 35.1 Å². The second kappa shape index (κ2) is 7.85. The topological polar surface area (TPSA) is 63.6 Å². The van der Waals surface area contributed by atoms with Crippen LogP contribution in [0.2, 0.25) is 5.02 Å². The number of hydrogen-bond acceptors (Lipinski definition) is 3. The van der Waals surface area contributed by atoms with E-state index in [9.17, 15) is 9.59 Å². The average Bonchev–Trinajstić information content (AvgIpc) is 3.41. The molecule has 1 aliphatic heterocycles. The predicted molar refractivity (Wildman–Crippen MR) is 126 cm³/mol. The zero-order chi connectivity index (χ0) is 22.5. The van der Waals surface area contributed by atoms with Gasteiger partial charge in [0.1, 0.15) is 17.0 Å². The Hall–Kier alpha value is -2.99. The molecule has 3 aromatic rings. The second-order valence-corrected chi connectivity index (χ2v) is 9.33. The van der Waals surface area contributed by atoms with E-state index in [-0.39, 0.29) is 17.9 Å². The van der Waals surface area contributed by atoms with Gasteiger partial charge in [-0.05, 0) is 56.2 Å². The largest absolute Gasteiger partial charge is 0.497 e. The molecule has 1 aliphatic carbocycles. The lowest BCUT2D eigenvalue weighted by Crippen LogP contribution is -2.65. The number of nitrogens with zero attached hydrogens (tertiary/aromatic N) is 2. The van der Waals surface area contributed by atoms with Gasteiger partial charge in [-0.2, -0.15) is 0 Å². The normalized spacial score (nSPS) is 21.1. The summed E-state index contributed by atoms with van der Waals surface area (Å²) in [5, 5.41) is 4.66. The minimum Gasteiger partial charge on any atom is -0.497 e. The number of methoxy groups -OCH3 is 1. The number of nitrogens with one attached hydrogen (secondary N) is 1. The van der Waals surface area contributed by atoms with E-state index in [4.69, 9.17) is 16.3 Å². The molecule has 0 spiro atoms. The van der Waals surface area contributed by atoms with E-state index in [1.54, 1.807) is 30.2 Å². The molecule has 0 radical (unpaired) electrons. The fourth-order valence-corrected chi connectivity index (χ4v) is 5.21. The molecule has 2 amide bonds. The lowest BCUT2D eigenvalue weighted by Gasteiger charge is -2.44. The summed E-state index contributed by atoms with van der Waals surface area (Å²) in [7, 11) is 1.62. The number of aromatic nitrogens is 1. The minimum atomic E-state index is -1.12. The number of benzene rings is 2. The molecule has 32 heavy (non-hydrogen) atoms. The molecule has 1 fully saturated rings. The summed E-state index contributed by atoms with van der Waals surface area (Å²) < 4.78 is 7.34. The molecule has 5 rings (SSSR count). The number of halogens is 1. The second-order valence-electron chi connectivity index (χ2n) is 8.89. The molecule has 166 valence electrons. The van der Waals surface area contributed by atoms with E-state index >= 15 is 0 Å². The number of carbonyl (C=O) groups is 2. The third kappa shape index (κ3) is 3.34. The van der Waals surface area contributed by atoms with E-state index in [0.29, 0.717) is 28.7 Å². The highest BCUT2D eigenvalue weighted by Crippen LogP contribution is 2.37. The van der Waals surface area contributed by atoms with Gasteiger partial charge in [0.2, 0.25) is 5.91 Å². The molecule has 6 nitrogen and oxygen atoms in total. The predicted octanol–water partition coefficient (Wildman–Crippen LogP) is 4.78.